The Labute approximate surface area is 105 Å². The van der Waals surface area contributed by atoms with E-state index in [1.165, 1.54) is 6.20 Å². The second-order valence-electron chi connectivity index (χ2n) is 3.19. The van der Waals surface area contributed by atoms with E-state index < -0.39 is 4.92 Å². The molecule has 0 saturated carbocycles. The first-order chi connectivity index (χ1) is 7.63. The van der Waals surface area contributed by atoms with E-state index in [1.807, 2.05) is 18.2 Å². The highest BCUT2D eigenvalue weighted by atomic mass is 127. The van der Waals surface area contributed by atoms with Crippen LogP contribution in [0.15, 0.2) is 24.4 Å². The third kappa shape index (κ3) is 1.80. The average molecular weight is 329 g/mol. The summed E-state index contributed by atoms with van der Waals surface area (Å²) in [5.74, 6) is 0. The lowest BCUT2D eigenvalue weighted by Crippen LogP contribution is -1.99. The van der Waals surface area contributed by atoms with Crippen LogP contribution in [-0.4, -0.2) is 17.0 Å². The van der Waals surface area contributed by atoms with Gasteiger partial charge in [-0.2, -0.15) is 0 Å². The van der Waals surface area contributed by atoms with Crippen LogP contribution in [0.5, 0.6) is 0 Å². The molecular weight excluding hydrogens is 321 g/mol. The molecule has 0 aliphatic heterocycles. The predicted molar refractivity (Wildman–Crippen MR) is 70.7 cm³/mol. The third-order valence-corrected chi connectivity index (χ3v) is 2.93. The second kappa shape index (κ2) is 4.20. The molecule has 0 saturated heterocycles. The Morgan fingerprint density at radius 1 is 1.50 bits per heavy atom. The van der Waals surface area contributed by atoms with Crippen LogP contribution in [0.4, 0.5) is 11.4 Å². The van der Waals surface area contributed by atoms with Gasteiger partial charge in [0.2, 0.25) is 0 Å². The van der Waals surface area contributed by atoms with Crippen molar-refractivity contribution < 1.29 is 4.92 Å². The Hall–Kier alpha value is -1.44. The molecule has 0 bridgehead atoms. The summed E-state index contributed by atoms with van der Waals surface area (Å²) in [7, 11) is 1.67. The van der Waals surface area contributed by atoms with Crippen molar-refractivity contribution in [3.05, 3.63) is 38.1 Å². The zero-order valence-electron chi connectivity index (χ0n) is 8.40. The molecule has 1 aromatic heterocycles. The molecule has 0 amide bonds. The molecule has 1 aromatic carbocycles. The summed E-state index contributed by atoms with van der Waals surface area (Å²) in [5.41, 5.74) is 1.25. The minimum absolute atomic E-state index is 0.00278. The summed E-state index contributed by atoms with van der Waals surface area (Å²) in [4.78, 5) is 14.5. The van der Waals surface area contributed by atoms with Crippen LogP contribution in [-0.2, 0) is 0 Å². The van der Waals surface area contributed by atoms with E-state index in [1.54, 1.807) is 7.05 Å². The van der Waals surface area contributed by atoms with Gasteiger partial charge in [0.1, 0.15) is 11.9 Å². The number of anilines is 1. The second-order valence-corrected chi connectivity index (χ2v) is 4.43. The Morgan fingerprint density at radius 3 is 2.88 bits per heavy atom. The Bertz CT molecular complexity index is 571. The number of halogens is 1. The maximum Gasteiger partial charge on any atom is 0.311 e. The molecule has 1 N–H and O–H groups in total. The summed E-state index contributed by atoms with van der Waals surface area (Å²) in [6, 6.07) is 5.64. The van der Waals surface area contributed by atoms with E-state index in [9.17, 15) is 10.1 Å². The van der Waals surface area contributed by atoms with Crippen LogP contribution in [0.25, 0.3) is 10.9 Å². The summed E-state index contributed by atoms with van der Waals surface area (Å²) >= 11 is 2.16. The van der Waals surface area contributed by atoms with Gasteiger partial charge in [0.25, 0.3) is 0 Å². The first-order valence-corrected chi connectivity index (χ1v) is 5.62. The lowest BCUT2D eigenvalue weighted by Gasteiger charge is -2.06. The quantitative estimate of drug-likeness (QED) is 0.523. The van der Waals surface area contributed by atoms with Crippen molar-refractivity contribution in [2.24, 2.45) is 0 Å². The SMILES string of the molecule is CNc1c([N+](=O)[O-])cnc2ccc(I)cc12. The number of hydrogen-bond donors (Lipinski definition) is 1. The molecule has 82 valence electrons. The van der Waals surface area contributed by atoms with E-state index in [0.717, 1.165) is 14.5 Å². The molecule has 0 radical (unpaired) electrons. The predicted octanol–water partition coefficient (Wildman–Crippen LogP) is 2.79. The number of nitrogens with zero attached hydrogens (tertiary/aromatic N) is 2. The van der Waals surface area contributed by atoms with Crippen molar-refractivity contribution in [3.63, 3.8) is 0 Å². The lowest BCUT2D eigenvalue weighted by atomic mass is 10.1. The van der Waals surface area contributed by atoms with Gasteiger partial charge >= 0.3 is 5.69 Å². The fourth-order valence-corrected chi connectivity index (χ4v) is 2.05. The molecule has 0 atom stereocenters. The first kappa shape index (κ1) is 11.1. The van der Waals surface area contributed by atoms with Crippen LogP contribution in [0.2, 0.25) is 0 Å². The smallest absolute Gasteiger partial charge is 0.311 e. The topological polar surface area (TPSA) is 68.1 Å². The van der Waals surface area contributed by atoms with Gasteiger partial charge in [-0.3, -0.25) is 10.1 Å². The number of nitrogens with one attached hydrogen (secondary N) is 1. The molecule has 6 heteroatoms. The molecule has 1 heterocycles. The number of aromatic nitrogens is 1. The summed E-state index contributed by atoms with van der Waals surface area (Å²) < 4.78 is 1.02. The number of fused-ring (bicyclic) bond motifs is 1. The van der Waals surface area contributed by atoms with Crippen molar-refractivity contribution in [3.8, 4) is 0 Å². The molecule has 16 heavy (non-hydrogen) atoms. The van der Waals surface area contributed by atoms with Gasteiger partial charge in [-0.15, -0.1) is 0 Å². The van der Waals surface area contributed by atoms with Crippen LogP contribution >= 0.6 is 22.6 Å². The largest absolute Gasteiger partial charge is 0.382 e. The maximum absolute atomic E-state index is 10.8. The summed E-state index contributed by atoms with van der Waals surface area (Å²) in [6.07, 6.45) is 1.28. The molecule has 0 fully saturated rings. The summed E-state index contributed by atoms with van der Waals surface area (Å²) in [6.45, 7) is 0. The Morgan fingerprint density at radius 2 is 2.25 bits per heavy atom. The fraction of sp³-hybridized carbons (Fsp3) is 0.100. The molecule has 5 nitrogen and oxygen atoms in total. The fourth-order valence-electron chi connectivity index (χ4n) is 1.56. The molecule has 2 aromatic rings. The highest BCUT2D eigenvalue weighted by Gasteiger charge is 2.16. The zero-order chi connectivity index (χ0) is 11.7. The first-order valence-electron chi connectivity index (χ1n) is 4.54. The van der Waals surface area contributed by atoms with E-state index in [0.29, 0.717) is 5.69 Å². The van der Waals surface area contributed by atoms with Crippen molar-refractivity contribution in [1.82, 2.24) is 4.98 Å². The van der Waals surface area contributed by atoms with Crippen molar-refractivity contribution in [2.75, 3.05) is 12.4 Å². The van der Waals surface area contributed by atoms with Gasteiger partial charge in [0, 0.05) is 16.0 Å². The number of benzene rings is 1. The average Bonchev–Trinajstić information content (AvgIpc) is 2.27. The molecule has 0 aliphatic rings. The van der Waals surface area contributed by atoms with E-state index in [-0.39, 0.29) is 5.69 Å². The van der Waals surface area contributed by atoms with Gasteiger partial charge < -0.3 is 5.32 Å². The van der Waals surface area contributed by atoms with E-state index >= 15 is 0 Å². The minimum atomic E-state index is -0.432. The minimum Gasteiger partial charge on any atom is -0.382 e. The van der Waals surface area contributed by atoms with Crippen molar-refractivity contribution >= 4 is 44.9 Å². The zero-order valence-corrected chi connectivity index (χ0v) is 10.6. The number of rotatable bonds is 2. The number of pyridine rings is 1. The monoisotopic (exact) mass is 329 g/mol. The van der Waals surface area contributed by atoms with Crippen molar-refractivity contribution in [2.45, 2.75) is 0 Å². The molecule has 2 rings (SSSR count). The van der Waals surface area contributed by atoms with Crippen molar-refractivity contribution in [1.29, 1.82) is 0 Å². The van der Waals surface area contributed by atoms with Crippen LogP contribution < -0.4 is 5.32 Å². The van der Waals surface area contributed by atoms with Gasteiger partial charge in [-0.25, -0.2) is 4.98 Å². The van der Waals surface area contributed by atoms with E-state index in [4.69, 9.17) is 0 Å². The third-order valence-electron chi connectivity index (χ3n) is 2.26. The van der Waals surface area contributed by atoms with Gasteiger partial charge in [-0.1, -0.05) is 0 Å². The maximum atomic E-state index is 10.8. The van der Waals surface area contributed by atoms with Gasteiger partial charge in [0.05, 0.1) is 10.4 Å². The summed E-state index contributed by atoms with van der Waals surface area (Å²) in [5, 5.41) is 14.5. The van der Waals surface area contributed by atoms with Gasteiger partial charge in [-0.05, 0) is 40.8 Å². The Kier molecular flexibility index (Phi) is 2.90. The van der Waals surface area contributed by atoms with Crippen LogP contribution in [0.1, 0.15) is 0 Å². The highest BCUT2D eigenvalue weighted by molar-refractivity contribution is 14.1. The molecule has 0 spiro atoms. The lowest BCUT2D eigenvalue weighted by molar-refractivity contribution is -0.384. The highest BCUT2D eigenvalue weighted by Crippen LogP contribution is 2.31. The van der Waals surface area contributed by atoms with Crippen LogP contribution in [0, 0.1) is 13.7 Å². The van der Waals surface area contributed by atoms with Crippen LogP contribution in [0.3, 0.4) is 0 Å². The molecule has 0 aliphatic carbocycles. The normalized spacial score (nSPS) is 10.4. The Balaban J connectivity index is 2.83. The molecular formula is C10H8IN3O2. The standard InChI is InChI=1S/C10H8IN3O2/c1-12-10-7-4-6(11)2-3-8(7)13-5-9(10)14(15)16/h2-5H,1H3,(H,12,13). The van der Waals surface area contributed by atoms with Gasteiger partial charge in [0.15, 0.2) is 0 Å². The number of nitro groups is 1. The molecule has 0 unspecified atom stereocenters. The number of hydrogen-bond acceptors (Lipinski definition) is 4. The van der Waals surface area contributed by atoms with E-state index in [2.05, 4.69) is 32.9 Å².